The van der Waals surface area contributed by atoms with E-state index < -0.39 is 0 Å². The monoisotopic (exact) mass is 256 g/mol. The molecule has 0 saturated carbocycles. The van der Waals surface area contributed by atoms with E-state index in [2.05, 4.69) is 17.0 Å². The zero-order valence-electron chi connectivity index (χ0n) is 10.6. The number of amides is 1. The smallest absolute Gasteiger partial charge is 0.246 e. The van der Waals surface area contributed by atoms with Gasteiger partial charge in [0, 0.05) is 25.3 Å². The summed E-state index contributed by atoms with van der Waals surface area (Å²) in [5.74, 6) is 0.00632. The van der Waals surface area contributed by atoms with Crippen LogP contribution in [0.2, 0.25) is 0 Å². The van der Waals surface area contributed by atoms with Crippen molar-refractivity contribution in [1.29, 1.82) is 0 Å². The Balaban J connectivity index is 1.68. The summed E-state index contributed by atoms with van der Waals surface area (Å²) in [5.41, 5.74) is 2.09. The highest BCUT2D eigenvalue weighted by Crippen LogP contribution is 2.17. The van der Waals surface area contributed by atoms with Crippen molar-refractivity contribution in [1.82, 2.24) is 14.5 Å². The average molecular weight is 256 g/mol. The van der Waals surface area contributed by atoms with Gasteiger partial charge in [0.15, 0.2) is 0 Å². The number of fused-ring (bicyclic) bond motifs is 1. The van der Waals surface area contributed by atoms with Crippen molar-refractivity contribution in [2.75, 3.05) is 18.4 Å². The Bertz CT molecular complexity index is 619. The predicted octanol–water partition coefficient (Wildman–Crippen LogP) is 1.53. The van der Waals surface area contributed by atoms with Crippen molar-refractivity contribution >= 4 is 17.1 Å². The van der Waals surface area contributed by atoms with Gasteiger partial charge in [-0.2, -0.15) is 5.10 Å². The summed E-state index contributed by atoms with van der Waals surface area (Å²) in [6.45, 7) is 5.03. The number of likely N-dealkylation sites (tertiary alicyclic amines) is 1. The van der Waals surface area contributed by atoms with Crippen molar-refractivity contribution in [2.24, 2.45) is 0 Å². The van der Waals surface area contributed by atoms with Gasteiger partial charge in [-0.3, -0.25) is 4.79 Å². The molecule has 1 N–H and O–H groups in total. The van der Waals surface area contributed by atoms with Crippen molar-refractivity contribution in [2.45, 2.75) is 12.5 Å². The lowest BCUT2D eigenvalue weighted by atomic mass is 10.2. The molecule has 0 bridgehead atoms. The summed E-state index contributed by atoms with van der Waals surface area (Å²) >= 11 is 0. The van der Waals surface area contributed by atoms with Gasteiger partial charge in [-0.05, 0) is 30.7 Å². The van der Waals surface area contributed by atoms with Crippen LogP contribution in [0.1, 0.15) is 6.42 Å². The van der Waals surface area contributed by atoms with Crippen molar-refractivity contribution in [3.8, 4) is 0 Å². The maximum absolute atomic E-state index is 11.5. The molecule has 2 aromatic heterocycles. The van der Waals surface area contributed by atoms with E-state index in [1.807, 2.05) is 33.8 Å². The highest BCUT2D eigenvalue weighted by molar-refractivity contribution is 5.87. The predicted molar refractivity (Wildman–Crippen MR) is 74.0 cm³/mol. The molecule has 0 spiro atoms. The van der Waals surface area contributed by atoms with Gasteiger partial charge in [0.1, 0.15) is 0 Å². The van der Waals surface area contributed by atoms with Crippen molar-refractivity contribution < 1.29 is 4.79 Å². The number of anilines is 1. The maximum Gasteiger partial charge on any atom is 0.246 e. The van der Waals surface area contributed by atoms with E-state index in [4.69, 9.17) is 0 Å². The number of pyridine rings is 1. The molecule has 3 rings (SSSR count). The molecule has 1 saturated heterocycles. The van der Waals surface area contributed by atoms with E-state index in [1.54, 1.807) is 6.20 Å². The van der Waals surface area contributed by atoms with Crippen LogP contribution >= 0.6 is 0 Å². The fraction of sp³-hybridized carbons (Fsp3) is 0.286. The Morgan fingerprint density at radius 3 is 3.21 bits per heavy atom. The van der Waals surface area contributed by atoms with Crippen LogP contribution in [0.5, 0.6) is 0 Å². The number of carbonyl (C=O) groups is 1. The first-order valence-electron chi connectivity index (χ1n) is 6.37. The second-order valence-corrected chi connectivity index (χ2v) is 4.74. The van der Waals surface area contributed by atoms with Crippen LogP contribution in [0.4, 0.5) is 5.69 Å². The first kappa shape index (κ1) is 11.8. The highest BCUT2D eigenvalue weighted by Gasteiger charge is 2.24. The molecule has 19 heavy (non-hydrogen) atoms. The van der Waals surface area contributed by atoms with E-state index in [0.717, 1.165) is 30.7 Å². The number of aromatic nitrogens is 2. The molecule has 0 aromatic carbocycles. The second kappa shape index (κ2) is 4.76. The molecule has 1 aliphatic rings. The van der Waals surface area contributed by atoms with Gasteiger partial charge >= 0.3 is 0 Å². The number of rotatable bonds is 3. The molecular formula is C14H16N4O. The molecule has 5 nitrogen and oxygen atoms in total. The molecule has 1 amide bonds. The van der Waals surface area contributed by atoms with Gasteiger partial charge in [-0.15, -0.1) is 0 Å². The number of hydrogen-bond acceptors (Lipinski definition) is 3. The first-order chi connectivity index (χ1) is 9.26. The molecule has 5 heteroatoms. The minimum atomic E-state index is 0.00632. The van der Waals surface area contributed by atoms with Gasteiger partial charge in [0.25, 0.3) is 0 Å². The Labute approximate surface area is 111 Å². The van der Waals surface area contributed by atoms with E-state index in [0.29, 0.717) is 0 Å². The Hall–Kier alpha value is -2.30. The lowest BCUT2D eigenvalue weighted by molar-refractivity contribution is -0.125. The van der Waals surface area contributed by atoms with E-state index in [-0.39, 0.29) is 11.9 Å². The summed E-state index contributed by atoms with van der Waals surface area (Å²) in [5, 5.41) is 7.65. The lowest BCUT2D eigenvalue weighted by Crippen LogP contribution is -2.30. The van der Waals surface area contributed by atoms with Crippen LogP contribution in [0.25, 0.3) is 5.52 Å². The van der Waals surface area contributed by atoms with Crippen LogP contribution in [-0.2, 0) is 4.79 Å². The minimum absolute atomic E-state index is 0.00632. The fourth-order valence-corrected chi connectivity index (χ4v) is 2.44. The zero-order valence-corrected chi connectivity index (χ0v) is 10.6. The molecule has 1 fully saturated rings. The van der Waals surface area contributed by atoms with Gasteiger partial charge in [0.2, 0.25) is 5.91 Å². The van der Waals surface area contributed by atoms with Gasteiger partial charge in [-0.1, -0.05) is 6.58 Å². The highest BCUT2D eigenvalue weighted by atomic mass is 16.2. The van der Waals surface area contributed by atoms with E-state index >= 15 is 0 Å². The fourth-order valence-electron chi connectivity index (χ4n) is 2.44. The van der Waals surface area contributed by atoms with E-state index in [9.17, 15) is 4.79 Å². The van der Waals surface area contributed by atoms with Gasteiger partial charge in [-0.25, -0.2) is 4.52 Å². The van der Waals surface area contributed by atoms with Crippen LogP contribution in [-0.4, -0.2) is 39.6 Å². The molecular weight excluding hydrogens is 240 g/mol. The summed E-state index contributed by atoms with van der Waals surface area (Å²) in [7, 11) is 0. The van der Waals surface area contributed by atoms with Crippen LogP contribution in [0, 0.1) is 0 Å². The van der Waals surface area contributed by atoms with Crippen LogP contribution < -0.4 is 5.32 Å². The summed E-state index contributed by atoms with van der Waals surface area (Å²) in [6.07, 6.45) is 6.07. The standard InChI is InChI=1S/C14H16N4O/c1-2-14(19)17-8-6-12(9-17)16-11-3-4-13-5-7-15-18(13)10-11/h2-5,7,10,12,16H,1,6,8-9H2. The average Bonchev–Trinajstić information content (AvgIpc) is 3.06. The minimum Gasteiger partial charge on any atom is -0.379 e. The van der Waals surface area contributed by atoms with Crippen LogP contribution in [0.3, 0.4) is 0 Å². The number of carbonyl (C=O) groups excluding carboxylic acids is 1. The number of nitrogens with zero attached hydrogens (tertiary/aromatic N) is 3. The third kappa shape index (κ3) is 2.31. The molecule has 0 radical (unpaired) electrons. The maximum atomic E-state index is 11.5. The SMILES string of the molecule is C=CC(=O)N1CCC(Nc2ccc3ccnn3c2)C1. The summed E-state index contributed by atoms with van der Waals surface area (Å²) in [4.78, 5) is 13.3. The quantitative estimate of drug-likeness (QED) is 0.847. The normalized spacial score (nSPS) is 18.7. The third-order valence-corrected chi connectivity index (χ3v) is 3.44. The van der Waals surface area contributed by atoms with Crippen molar-refractivity contribution in [3.05, 3.63) is 43.2 Å². The molecule has 2 aromatic rings. The molecule has 1 aliphatic heterocycles. The molecule has 0 aliphatic carbocycles. The second-order valence-electron chi connectivity index (χ2n) is 4.74. The number of hydrogen-bond donors (Lipinski definition) is 1. The first-order valence-corrected chi connectivity index (χ1v) is 6.37. The van der Waals surface area contributed by atoms with Gasteiger partial charge < -0.3 is 10.2 Å². The lowest BCUT2D eigenvalue weighted by Gasteiger charge is -2.16. The Morgan fingerprint density at radius 1 is 1.47 bits per heavy atom. The summed E-state index contributed by atoms with van der Waals surface area (Å²) in [6, 6.07) is 6.31. The number of nitrogens with one attached hydrogen (secondary N) is 1. The molecule has 3 heterocycles. The molecule has 98 valence electrons. The summed E-state index contributed by atoms with van der Waals surface area (Å²) < 4.78 is 1.84. The van der Waals surface area contributed by atoms with E-state index in [1.165, 1.54) is 6.08 Å². The largest absolute Gasteiger partial charge is 0.379 e. The zero-order chi connectivity index (χ0) is 13.2. The van der Waals surface area contributed by atoms with Gasteiger partial charge in [0.05, 0.1) is 17.4 Å². The molecule has 1 atom stereocenters. The Morgan fingerprint density at radius 2 is 2.37 bits per heavy atom. The third-order valence-electron chi connectivity index (χ3n) is 3.44. The van der Waals surface area contributed by atoms with Crippen molar-refractivity contribution in [3.63, 3.8) is 0 Å². The molecule has 1 unspecified atom stereocenters. The Kier molecular flexibility index (Phi) is 2.95. The van der Waals surface area contributed by atoms with Crippen LogP contribution in [0.15, 0.2) is 43.2 Å². The topological polar surface area (TPSA) is 49.6 Å².